The molecule has 2 rings (SSSR count). The van der Waals surface area contributed by atoms with Gasteiger partial charge in [0, 0.05) is 24.5 Å². The van der Waals surface area contributed by atoms with Gasteiger partial charge >= 0.3 is 0 Å². The highest BCUT2D eigenvalue weighted by Gasteiger charge is 2.27. The molecule has 28 heavy (non-hydrogen) atoms. The highest BCUT2D eigenvalue weighted by atomic mass is 16.5. The Labute approximate surface area is 166 Å². The van der Waals surface area contributed by atoms with E-state index in [9.17, 15) is 14.4 Å². The van der Waals surface area contributed by atoms with Crippen molar-refractivity contribution in [2.45, 2.75) is 39.5 Å². The topological polar surface area (TPSA) is 72.9 Å². The molecule has 1 aliphatic heterocycles. The Morgan fingerprint density at radius 3 is 2.21 bits per heavy atom. The van der Waals surface area contributed by atoms with Crippen LogP contribution in [0.5, 0.6) is 0 Å². The first-order chi connectivity index (χ1) is 13.4. The van der Waals surface area contributed by atoms with Gasteiger partial charge in [0.25, 0.3) is 11.8 Å². The minimum Gasteiger partial charge on any atom is -0.379 e. The average Bonchev–Trinajstić information content (AvgIpc) is 2.90. The Bertz CT molecular complexity index is 721. The standard InChI is InChI=1S/C22H29NO5/c1-16(2)19-6-4-18(5-7-19)15-20(24)8-10-27-12-13-28-11-9-23-21(25)14-17(3)22(23)26/h4-7,14,16H,8-13,15H2,1-3H3. The largest absolute Gasteiger partial charge is 0.379 e. The van der Waals surface area contributed by atoms with Crippen molar-refractivity contribution in [1.82, 2.24) is 4.90 Å². The summed E-state index contributed by atoms with van der Waals surface area (Å²) >= 11 is 0. The number of rotatable bonds is 12. The third-order valence-electron chi connectivity index (χ3n) is 4.59. The van der Waals surface area contributed by atoms with Gasteiger partial charge in [-0.15, -0.1) is 0 Å². The number of carbonyl (C=O) groups is 3. The molecule has 6 nitrogen and oxygen atoms in total. The molecule has 0 N–H and O–H groups in total. The number of carbonyl (C=O) groups excluding carboxylic acids is 3. The molecular weight excluding hydrogens is 358 g/mol. The highest BCUT2D eigenvalue weighted by molar-refractivity contribution is 6.15. The summed E-state index contributed by atoms with van der Waals surface area (Å²) in [5.74, 6) is 0.0755. The zero-order valence-corrected chi connectivity index (χ0v) is 16.9. The van der Waals surface area contributed by atoms with Gasteiger partial charge in [-0.05, 0) is 24.0 Å². The maximum atomic E-state index is 12.0. The fourth-order valence-electron chi connectivity index (χ4n) is 2.85. The Kier molecular flexibility index (Phi) is 8.54. The summed E-state index contributed by atoms with van der Waals surface area (Å²) in [6.45, 7) is 7.50. The van der Waals surface area contributed by atoms with Gasteiger partial charge in [0.1, 0.15) is 5.78 Å². The lowest BCUT2D eigenvalue weighted by Crippen LogP contribution is -2.34. The second-order valence-electron chi connectivity index (χ2n) is 7.21. The Morgan fingerprint density at radius 1 is 1.00 bits per heavy atom. The predicted molar refractivity (Wildman–Crippen MR) is 106 cm³/mol. The quantitative estimate of drug-likeness (QED) is 0.407. The van der Waals surface area contributed by atoms with Crippen LogP contribution in [0.25, 0.3) is 0 Å². The molecule has 1 heterocycles. The van der Waals surface area contributed by atoms with Gasteiger partial charge < -0.3 is 9.47 Å². The molecule has 0 atom stereocenters. The number of amides is 2. The number of hydrogen-bond acceptors (Lipinski definition) is 5. The van der Waals surface area contributed by atoms with Crippen LogP contribution >= 0.6 is 0 Å². The predicted octanol–water partition coefficient (Wildman–Crippen LogP) is 2.66. The molecule has 6 heteroatoms. The minimum atomic E-state index is -0.292. The molecule has 1 aliphatic rings. The van der Waals surface area contributed by atoms with E-state index in [1.165, 1.54) is 16.5 Å². The summed E-state index contributed by atoms with van der Waals surface area (Å²) in [7, 11) is 0. The minimum absolute atomic E-state index is 0.146. The number of benzene rings is 1. The third kappa shape index (κ3) is 6.69. The lowest BCUT2D eigenvalue weighted by atomic mass is 10.00. The van der Waals surface area contributed by atoms with Gasteiger partial charge in [-0.3, -0.25) is 19.3 Å². The third-order valence-corrected chi connectivity index (χ3v) is 4.59. The first-order valence-electron chi connectivity index (χ1n) is 9.68. The van der Waals surface area contributed by atoms with Gasteiger partial charge in [0.2, 0.25) is 0 Å². The molecule has 0 fully saturated rings. The van der Waals surface area contributed by atoms with E-state index in [1.54, 1.807) is 6.92 Å². The summed E-state index contributed by atoms with van der Waals surface area (Å²) in [6, 6.07) is 8.16. The molecule has 0 bridgehead atoms. The fourth-order valence-corrected chi connectivity index (χ4v) is 2.85. The Balaban J connectivity index is 1.50. The molecule has 1 aromatic rings. The molecule has 0 aromatic heterocycles. The number of hydrogen-bond donors (Lipinski definition) is 0. The molecule has 0 spiro atoms. The zero-order valence-electron chi connectivity index (χ0n) is 16.9. The zero-order chi connectivity index (χ0) is 20.5. The van der Waals surface area contributed by atoms with Crippen molar-refractivity contribution in [2.75, 3.05) is 33.0 Å². The van der Waals surface area contributed by atoms with Gasteiger partial charge in [-0.2, -0.15) is 0 Å². The van der Waals surface area contributed by atoms with Crippen molar-refractivity contribution in [1.29, 1.82) is 0 Å². The van der Waals surface area contributed by atoms with E-state index < -0.39 is 0 Å². The van der Waals surface area contributed by atoms with Crippen LogP contribution < -0.4 is 0 Å². The molecular formula is C22H29NO5. The summed E-state index contributed by atoms with van der Waals surface area (Å²) < 4.78 is 10.8. The number of ketones is 1. The van der Waals surface area contributed by atoms with E-state index in [0.29, 0.717) is 44.2 Å². The van der Waals surface area contributed by atoms with Crippen molar-refractivity contribution < 1.29 is 23.9 Å². The van der Waals surface area contributed by atoms with Gasteiger partial charge in [0.05, 0.1) is 33.0 Å². The van der Waals surface area contributed by atoms with Crippen LogP contribution in [0, 0.1) is 0 Å². The molecule has 0 saturated heterocycles. The van der Waals surface area contributed by atoms with Crippen molar-refractivity contribution in [3.05, 3.63) is 47.0 Å². The summed E-state index contributed by atoms with van der Waals surface area (Å²) in [5, 5.41) is 0. The van der Waals surface area contributed by atoms with E-state index in [2.05, 4.69) is 26.0 Å². The Hall–Kier alpha value is -2.31. The van der Waals surface area contributed by atoms with Crippen LogP contribution in [-0.2, 0) is 30.3 Å². The van der Waals surface area contributed by atoms with E-state index >= 15 is 0 Å². The lowest BCUT2D eigenvalue weighted by Gasteiger charge is -2.14. The average molecular weight is 387 g/mol. The lowest BCUT2D eigenvalue weighted by molar-refractivity contribution is -0.138. The first kappa shape index (κ1) is 22.0. The van der Waals surface area contributed by atoms with Gasteiger partial charge in [-0.1, -0.05) is 38.1 Å². The Morgan fingerprint density at radius 2 is 1.64 bits per heavy atom. The van der Waals surface area contributed by atoms with Crippen LogP contribution in [0.2, 0.25) is 0 Å². The van der Waals surface area contributed by atoms with Crippen LogP contribution in [0.15, 0.2) is 35.9 Å². The van der Waals surface area contributed by atoms with Crippen molar-refractivity contribution in [3.63, 3.8) is 0 Å². The normalized spacial score (nSPS) is 14.1. The number of ether oxygens (including phenoxy) is 2. The van der Waals surface area contributed by atoms with E-state index in [-0.39, 0.29) is 30.7 Å². The molecule has 0 aliphatic carbocycles. The smallest absolute Gasteiger partial charge is 0.256 e. The molecule has 2 amide bonds. The molecule has 0 saturated carbocycles. The number of Topliss-reactive ketones (excluding diaryl/α,β-unsaturated/α-hetero) is 1. The first-order valence-corrected chi connectivity index (χ1v) is 9.68. The summed E-state index contributed by atoms with van der Waals surface area (Å²) in [6.07, 6.45) is 2.12. The maximum absolute atomic E-state index is 12.0. The maximum Gasteiger partial charge on any atom is 0.256 e. The number of imide groups is 1. The number of nitrogens with zero attached hydrogens (tertiary/aromatic N) is 1. The van der Waals surface area contributed by atoms with Crippen LogP contribution in [0.3, 0.4) is 0 Å². The van der Waals surface area contributed by atoms with Crippen LogP contribution in [-0.4, -0.2) is 55.5 Å². The van der Waals surface area contributed by atoms with Crippen molar-refractivity contribution in [3.8, 4) is 0 Å². The van der Waals surface area contributed by atoms with E-state index in [0.717, 1.165) is 5.56 Å². The highest BCUT2D eigenvalue weighted by Crippen LogP contribution is 2.15. The van der Waals surface area contributed by atoms with Crippen LogP contribution in [0.1, 0.15) is 44.2 Å². The second-order valence-corrected chi connectivity index (χ2v) is 7.21. The van der Waals surface area contributed by atoms with Gasteiger partial charge in [-0.25, -0.2) is 0 Å². The second kappa shape index (κ2) is 10.9. The summed E-state index contributed by atoms with van der Waals surface area (Å²) in [4.78, 5) is 36.4. The monoisotopic (exact) mass is 387 g/mol. The van der Waals surface area contributed by atoms with E-state index in [1.807, 2.05) is 12.1 Å². The fraction of sp³-hybridized carbons (Fsp3) is 0.500. The summed E-state index contributed by atoms with van der Waals surface area (Å²) in [5.41, 5.74) is 2.74. The molecule has 152 valence electrons. The molecule has 1 aromatic carbocycles. The SMILES string of the molecule is CC1=CC(=O)N(CCOCCOCCC(=O)Cc2ccc(C(C)C)cc2)C1=O. The van der Waals surface area contributed by atoms with E-state index in [4.69, 9.17) is 9.47 Å². The van der Waals surface area contributed by atoms with Crippen molar-refractivity contribution in [2.24, 2.45) is 0 Å². The van der Waals surface area contributed by atoms with Crippen molar-refractivity contribution >= 4 is 17.6 Å². The van der Waals surface area contributed by atoms with Gasteiger partial charge in [0.15, 0.2) is 0 Å². The van der Waals surface area contributed by atoms with Crippen LogP contribution in [0.4, 0.5) is 0 Å². The molecule has 0 unspecified atom stereocenters. The molecule has 0 radical (unpaired) electrons.